The standard InChI is InChI=1S/C11H13N3/c1-7-8(2)13-10-6-4-3-5-9(10)11(7)14-12/h3-6H,12H2,1-2H3,(H,13,14). The minimum Gasteiger partial charge on any atom is -0.323 e. The smallest absolute Gasteiger partial charge is 0.0726 e. The van der Waals surface area contributed by atoms with Crippen LogP contribution in [0.4, 0.5) is 5.69 Å². The monoisotopic (exact) mass is 187 g/mol. The first-order chi connectivity index (χ1) is 6.74. The minimum absolute atomic E-state index is 0.966. The van der Waals surface area contributed by atoms with Crippen molar-refractivity contribution in [2.75, 3.05) is 5.43 Å². The molecular formula is C11H13N3. The zero-order valence-corrected chi connectivity index (χ0v) is 8.33. The third-order valence-corrected chi connectivity index (χ3v) is 2.52. The number of hydrogen-bond acceptors (Lipinski definition) is 3. The highest BCUT2D eigenvalue weighted by Crippen LogP contribution is 2.26. The first-order valence-electron chi connectivity index (χ1n) is 4.56. The van der Waals surface area contributed by atoms with E-state index < -0.39 is 0 Å². The molecule has 2 rings (SSSR count). The average Bonchev–Trinajstić information content (AvgIpc) is 2.20. The Hall–Kier alpha value is -1.61. The molecule has 2 aromatic rings. The third-order valence-electron chi connectivity index (χ3n) is 2.52. The number of nitrogens with one attached hydrogen (secondary N) is 1. The number of aryl methyl sites for hydroxylation is 1. The lowest BCUT2D eigenvalue weighted by Gasteiger charge is -2.10. The van der Waals surface area contributed by atoms with Crippen LogP contribution in [0.15, 0.2) is 24.3 Å². The van der Waals surface area contributed by atoms with Gasteiger partial charge in [0.25, 0.3) is 0 Å². The maximum Gasteiger partial charge on any atom is 0.0726 e. The Morgan fingerprint density at radius 1 is 1.21 bits per heavy atom. The van der Waals surface area contributed by atoms with E-state index in [-0.39, 0.29) is 0 Å². The fourth-order valence-corrected chi connectivity index (χ4v) is 1.62. The van der Waals surface area contributed by atoms with Gasteiger partial charge in [0.05, 0.1) is 11.2 Å². The highest BCUT2D eigenvalue weighted by molar-refractivity contribution is 5.92. The largest absolute Gasteiger partial charge is 0.323 e. The fraction of sp³-hybridized carbons (Fsp3) is 0.182. The van der Waals surface area contributed by atoms with Gasteiger partial charge in [-0.1, -0.05) is 18.2 Å². The van der Waals surface area contributed by atoms with Crippen molar-refractivity contribution in [3.63, 3.8) is 0 Å². The van der Waals surface area contributed by atoms with Gasteiger partial charge in [-0.2, -0.15) is 0 Å². The number of hydrazine groups is 1. The molecule has 72 valence electrons. The molecule has 1 aromatic heterocycles. The van der Waals surface area contributed by atoms with Crippen molar-refractivity contribution < 1.29 is 0 Å². The molecule has 0 fully saturated rings. The van der Waals surface area contributed by atoms with Crippen LogP contribution in [0.2, 0.25) is 0 Å². The molecule has 0 radical (unpaired) electrons. The number of rotatable bonds is 1. The van der Waals surface area contributed by atoms with Crippen molar-refractivity contribution >= 4 is 16.6 Å². The van der Waals surface area contributed by atoms with Gasteiger partial charge in [0.15, 0.2) is 0 Å². The second-order valence-corrected chi connectivity index (χ2v) is 3.36. The molecule has 0 atom stereocenters. The molecular weight excluding hydrogens is 174 g/mol. The number of pyridine rings is 1. The minimum atomic E-state index is 0.966. The summed E-state index contributed by atoms with van der Waals surface area (Å²) >= 11 is 0. The summed E-state index contributed by atoms with van der Waals surface area (Å²) in [5.41, 5.74) is 6.79. The van der Waals surface area contributed by atoms with Gasteiger partial charge in [-0.25, -0.2) is 0 Å². The summed E-state index contributed by atoms with van der Waals surface area (Å²) < 4.78 is 0. The van der Waals surface area contributed by atoms with Gasteiger partial charge in [-0.15, -0.1) is 0 Å². The van der Waals surface area contributed by atoms with E-state index in [2.05, 4.69) is 10.4 Å². The van der Waals surface area contributed by atoms with Crippen LogP contribution < -0.4 is 11.3 Å². The van der Waals surface area contributed by atoms with E-state index >= 15 is 0 Å². The normalized spacial score (nSPS) is 10.5. The Morgan fingerprint density at radius 2 is 1.93 bits per heavy atom. The van der Waals surface area contributed by atoms with Crippen molar-refractivity contribution in [3.05, 3.63) is 35.5 Å². The van der Waals surface area contributed by atoms with E-state index in [0.717, 1.165) is 27.8 Å². The van der Waals surface area contributed by atoms with Gasteiger partial charge >= 0.3 is 0 Å². The molecule has 3 N–H and O–H groups in total. The van der Waals surface area contributed by atoms with Crippen LogP contribution >= 0.6 is 0 Å². The van der Waals surface area contributed by atoms with Crippen molar-refractivity contribution in [3.8, 4) is 0 Å². The second kappa shape index (κ2) is 3.27. The summed E-state index contributed by atoms with van der Waals surface area (Å²) in [4.78, 5) is 4.49. The summed E-state index contributed by atoms with van der Waals surface area (Å²) in [5.74, 6) is 5.51. The van der Waals surface area contributed by atoms with Crippen LogP contribution in [-0.2, 0) is 0 Å². The lowest BCUT2D eigenvalue weighted by molar-refractivity contribution is 1.18. The Bertz CT molecular complexity index is 477. The predicted octanol–water partition coefficient (Wildman–Crippen LogP) is 2.14. The molecule has 0 saturated carbocycles. The average molecular weight is 187 g/mol. The summed E-state index contributed by atoms with van der Waals surface area (Å²) in [6.45, 7) is 4.01. The number of nitrogen functional groups attached to an aromatic ring is 1. The molecule has 14 heavy (non-hydrogen) atoms. The van der Waals surface area contributed by atoms with Gasteiger partial charge < -0.3 is 5.43 Å². The van der Waals surface area contributed by atoms with E-state index in [4.69, 9.17) is 5.84 Å². The number of para-hydroxylation sites is 1. The summed E-state index contributed by atoms with van der Waals surface area (Å²) in [6, 6.07) is 7.97. The van der Waals surface area contributed by atoms with Crippen molar-refractivity contribution in [1.82, 2.24) is 4.98 Å². The molecule has 3 heteroatoms. The van der Waals surface area contributed by atoms with Crippen molar-refractivity contribution in [2.45, 2.75) is 13.8 Å². The highest BCUT2D eigenvalue weighted by atomic mass is 15.2. The molecule has 0 aliphatic heterocycles. The van der Waals surface area contributed by atoms with Crippen LogP contribution in [0.3, 0.4) is 0 Å². The zero-order valence-electron chi connectivity index (χ0n) is 8.33. The molecule has 0 saturated heterocycles. The van der Waals surface area contributed by atoms with E-state index in [1.807, 2.05) is 38.1 Å². The first-order valence-corrected chi connectivity index (χ1v) is 4.56. The number of anilines is 1. The summed E-state index contributed by atoms with van der Waals surface area (Å²) in [7, 11) is 0. The Kier molecular flexibility index (Phi) is 2.09. The number of fused-ring (bicyclic) bond motifs is 1. The molecule has 0 amide bonds. The number of nitrogens with two attached hydrogens (primary N) is 1. The molecule has 1 heterocycles. The lowest BCUT2D eigenvalue weighted by Crippen LogP contribution is -2.10. The quantitative estimate of drug-likeness (QED) is 0.531. The molecule has 0 aliphatic rings. The molecule has 0 aliphatic carbocycles. The van der Waals surface area contributed by atoms with Gasteiger partial charge in [0, 0.05) is 11.1 Å². The Labute approximate surface area is 82.9 Å². The number of hydrogen-bond donors (Lipinski definition) is 2. The fourth-order valence-electron chi connectivity index (χ4n) is 1.62. The van der Waals surface area contributed by atoms with E-state index in [1.165, 1.54) is 0 Å². The Balaban J connectivity index is 2.89. The van der Waals surface area contributed by atoms with Crippen molar-refractivity contribution in [2.24, 2.45) is 5.84 Å². The van der Waals surface area contributed by atoms with Crippen molar-refractivity contribution in [1.29, 1.82) is 0 Å². The first kappa shape index (κ1) is 8.97. The van der Waals surface area contributed by atoms with Crippen LogP contribution in [0, 0.1) is 13.8 Å². The summed E-state index contributed by atoms with van der Waals surface area (Å²) in [6.07, 6.45) is 0. The molecule has 3 nitrogen and oxygen atoms in total. The number of benzene rings is 1. The zero-order chi connectivity index (χ0) is 10.1. The number of aromatic nitrogens is 1. The SMILES string of the molecule is Cc1nc2ccccc2c(NN)c1C. The number of nitrogens with zero attached hydrogens (tertiary/aromatic N) is 1. The molecule has 1 aromatic carbocycles. The maximum absolute atomic E-state index is 5.51. The van der Waals surface area contributed by atoms with Crippen LogP contribution in [0.1, 0.15) is 11.3 Å². The van der Waals surface area contributed by atoms with Gasteiger partial charge in [0.2, 0.25) is 0 Å². The third kappa shape index (κ3) is 1.22. The lowest BCUT2D eigenvalue weighted by atomic mass is 10.1. The predicted molar refractivity (Wildman–Crippen MR) is 59.0 cm³/mol. The van der Waals surface area contributed by atoms with Gasteiger partial charge in [-0.3, -0.25) is 10.8 Å². The van der Waals surface area contributed by atoms with Crippen LogP contribution in [0.25, 0.3) is 10.9 Å². The maximum atomic E-state index is 5.51. The highest BCUT2D eigenvalue weighted by Gasteiger charge is 2.06. The van der Waals surface area contributed by atoms with Crippen LogP contribution in [0.5, 0.6) is 0 Å². The Morgan fingerprint density at radius 3 is 2.64 bits per heavy atom. The topological polar surface area (TPSA) is 50.9 Å². The summed E-state index contributed by atoms with van der Waals surface area (Å²) in [5, 5.41) is 1.07. The second-order valence-electron chi connectivity index (χ2n) is 3.36. The van der Waals surface area contributed by atoms with Crippen LogP contribution in [-0.4, -0.2) is 4.98 Å². The molecule has 0 spiro atoms. The molecule has 0 bridgehead atoms. The van der Waals surface area contributed by atoms with E-state index in [9.17, 15) is 0 Å². The molecule has 0 unspecified atom stereocenters. The van der Waals surface area contributed by atoms with E-state index in [1.54, 1.807) is 0 Å². The van der Waals surface area contributed by atoms with Gasteiger partial charge in [-0.05, 0) is 25.5 Å². The van der Waals surface area contributed by atoms with E-state index in [0.29, 0.717) is 0 Å². The van der Waals surface area contributed by atoms with Gasteiger partial charge in [0.1, 0.15) is 0 Å².